The van der Waals surface area contributed by atoms with Crippen molar-refractivity contribution in [1.82, 2.24) is 39.7 Å². The summed E-state index contributed by atoms with van der Waals surface area (Å²) in [6.07, 6.45) is 7.15. The number of pyridine rings is 1. The van der Waals surface area contributed by atoms with Gasteiger partial charge >= 0.3 is 17.9 Å². The van der Waals surface area contributed by atoms with Crippen molar-refractivity contribution in [3.63, 3.8) is 0 Å². The molecule has 20 heteroatoms. The SMILES string of the molecule is N#C[C@@H]1CC(F)(F)CN1C(=O)CNC(=O)c1ccncc1/C=C/c1ccc(C2CCN(C(=O)CN3CCN(CC(=O)O)CCN(CC(=O)O)CCN(CC(=O)O)CC3)CC2)cc1. The Morgan fingerprint density at radius 1 is 0.742 bits per heavy atom. The van der Waals surface area contributed by atoms with Crippen LogP contribution in [-0.2, 0) is 24.0 Å². The van der Waals surface area contributed by atoms with Crippen LogP contribution in [0.3, 0.4) is 0 Å². The maximum Gasteiger partial charge on any atom is 0.317 e. The van der Waals surface area contributed by atoms with E-state index in [2.05, 4.69) is 10.3 Å². The van der Waals surface area contributed by atoms with E-state index in [1.54, 1.807) is 26.8 Å². The zero-order valence-corrected chi connectivity index (χ0v) is 34.4. The number of alkyl halides is 2. The Morgan fingerprint density at radius 3 is 1.76 bits per heavy atom. The van der Waals surface area contributed by atoms with Crippen molar-refractivity contribution in [3.05, 3.63) is 65.0 Å². The number of rotatable bonds is 14. The number of hydrogen-bond donors (Lipinski definition) is 4. The van der Waals surface area contributed by atoms with E-state index in [-0.39, 0.29) is 56.7 Å². The van der Waals surface area contributed by atoms with Crippen LogP contribution in [0, 0.1) is 11.3 Å². The van der Waals surface area contributed by atoms with Crippen molar-refractivity contribution in [3.8, 4) is 6.07 Å². The maximum absolute atomic E-state index is 13.8. The van der Waals surface area contributed by atoms with Gasteiger partial charge in [-0.2, -0.15) is 5.26 Å². The lowest BCUT2D eigenvalue weighted by atomic mass is 9.89. The van der Waals surface area contributed by atoms with E-state index in [4.69, 9.17) is 0 Å². The van der Waals surface area contributed by atoms with Crippen molar-refractivity contribution in [1.29, 1.82) is 5.26 Å². The average molecular weight is 866 g/mol. The molecule has 0 saturated carbocycles. The number of likely N-dealkylation sites (tertiary alicyclic amines) is 2. The molecule has 2 aromatic rings. The van der Waals surface area contributed by atoms with Crippen LogP contribution in [0.2, 0.25) is 0 Å². The fraction of sp³-hybridized carbons (Fsp3) is 0.524. The van der Waals surface area contributed by atoms with E-state index in [1.165, 1.54) is 18.5 Å². The van der Waals surface area contributed by atoms with Crippen molar-refractivity contribution in [2.24, 2.45) is 0 Å². The number of aromatic nitrogens is 1. The number of amides is 3. The van der Waals surface area contributed by atoms with Crippen LogP contribution in [0.25, 0.3) is 12.2 Å². The maximum atomic E-state index is 13.8. The number of carbonyl (C=O) groups excluding carboxylic acids is 3. The molecule has 0 aliphatic carbocycles. The molecule has 0 radical (unpaired) electrons. The zero-order valence-electron chi connectivity index (χ0n) is 34.4. The normalized spacial score (nSPS) is 20.2. The summed E-state index contributed by atoms with van der Waals surface area (Å²) < 4.78 is 27.6. The molecule has 0 bridgehead atoms. The largest absolute Gasteiger partial charge is 0.480 e. The minimum atomic E-state index is -3.16. The molecule has 18 nitrogen and oxygen atoms in total. The second-order valence-electron chi connectivity index (χ2n) is 15.8. The first kappa shape index (κ1) is 47.2. The molecule has 3 fully saturated rings. The molecule has 5 rings (SSSR count). The van der Waals surface area contributed by atoms with Crippen molar-refractivity contribution >= 4 is 47.8 Å². The van der Waals surface area contributed by atoms with Gasteiger partial charge in [0.1, 0.15) is 6.04 Å². The number of aliphatic carboxylic acids is 3. The highest BCUT2D eigenvalue weighted by Crippen LogP contribution is 2.32. The first-order valence-corrected chi connectivity index (χ1v) is 20.5. The van der Waals surface area contributed by atoms with Gasteiger partial charge in [-0.15, -0.1) is 0 Å². The number of nitriles is 1. The molecule has 1 aromatic carbocycles. The molecule has 4 heterocycles. The lowest BCUT2D eigenvalue weighted by Gasteiger charge is -2.35. The lowest BCUT2D eigenvalue weighted by molar-refractivity contribution is -0.140. The van der Waals surface area contributed by atoms with E-state index < -0.39 is 61.2 Å². The third kappa shape index (κ3) is 14.4. The van der Waals surface area contributed by atoms with Crippen LogP contribution in [0.15, 0.2) is 42.7 Å². The molecule has 3 aliphatic heterocycles. The number of nitrogens with one attached hydrogen (secondary N) is 1. The summed E-state index contributed by atoms with van der Waals surface area (Å²) in [5.41, 5.74) is 2.64. The molecule has 0 spiro atoms. The second kappa shape index (κ2) is 22.3. The van der Waals surface area contributed by atoms with Gasteiger partial charge in [-0.25, -0.2) is 8.78 Å². The van der Waals surface area contributed by atoms with Gasteiger partial charge < -0.3 is 30.4 Å². The minimum absolute atomic E-state index is 0.0721. The van der Waals surface area contributed by atoms with E-state index >= 15 is 0 Å². The number of benzene rings is 1. The van der Waals surface area contributed by atoms with E-state index in [0.717, 1.165) is 28.9 Å². The van der Waals surface area contributed by atoms with E-state index in [9.17, 15) is 58.1 Å². The number of piperidine rings is 1. The van der Waals surface area contributed by atoms with Gasteiger partial charge in [-0.3, -0.25) is 53.4 Å². The third-order valence-electron chi connectivity index (χ3n) is 11.3. The van der Waals surface area contributed by atoms with Gasteiger partial charge in [0, 0.05) is 95.4 Å². The number of hydrogen-bond acceptors (Lipinski definition) is 12. The van der Waals surface area contributed by atoms with E-state index in [0.29, 0.717) is 57.9 Å². The van der Waals surface area contributed by atoms with E-state index in [1.807, 2.05) is 40.1 Å². The van der Waals surface area contributed by atoms with Gasteiger partial charge in [0.05, 0.1) is 45.3 Å². The lowest BCUT2D eigenvalue weighted by Crippen LogP contribution is -2.50. The van der Waals surface area contributed by atoms with Crippen LogP contribution in [0.1, 0.15) is 52.2 Å². The highest BCUT2D eigenvalue weighted by atomic mass is 19.3. The average Bonchev–Trinajstić information content (AvgIpc) is 3.56. The monoisotopic (exact) mass is 865 g/mol. The summed E-state index contributed by atoms with van der Waals surface area (Å²) in [6.45, 7) is 1.53. The zero-order chi connectivity index (χ0) is 44.8. The Hall–Kier alpha value is -5.88. The number of carbonyl (C=O) groups is 6. The number of carboxylic acids is 3. The summed E-state index contributed by atoms with van der Waals surface area (Å²) >= 11 is 0. The summed E-state index contributed by atoms with van der Waals surface area (Å²) in [5, 5.41) is 40.1. The van der Waals surface area contributed by atoms with Gasteiger partial charge in [0.15, 0.2) is 0 Å². The molecule has 3 saturated heterocycles. The predicted molar refractivity (Wildman–Crippen MR) is 220 cm³/mol. The first-order chi connectivity index (χ1) is 29.6. The minimum Gasteiger partial charge on any atom is -0.480 e. The third-order valence-corrected chi connectivity index (χ3v) is 11.3. The molecule has 4 N–H and O–H groups in total. The van der Waals surface area contributed by atoms with Gasteiger partial charge in [-0.1, -0.05) is 36.4 Å². The quantitative estimate of drug-likeness (QED) is 0.207. The Bertz CT molecular complexity index is 1960. The molecular weight excluding hydrogens is 813 g/mol. The Balaban J connectivity index is 1.13. The summed E-state index contributed by atoms with van der Waals surface area (Å²) in [6, 6.07) is 9.85. The van der Waals surface area contributed by atoms with Gasteiger partial charge in [0.2, 0.25) is 11.8 Å². The van der Waals surface area contributed by atoms with Crippen molar-refractivity contribution < 1.29 is 52.9 Å². The van der Waals surface area contributed by atoms with Crippen LogP contribution >= 0.6 is 0 Å². The molecule has 334 valence electrons. The molecule has 0 unspecified atom stereocenters. The Morgan fingerprint density at radius 2 is 1.26 bits per heavy atom. The van der Waals surface area contributed by atoms with Crippen molar-refractivity contribution in [2.45, 2.75) is 37.1 Å². The van der Waals surface area contributed by atoms with Crippen molar-refractivity contribution in [2.75, 3.05) is 105 Å². The fourth-order valence-corrected chi connectivity index (χ4v) is 7.90. The highest BCUT2D eigenvalue weighted by Gasteiger charge is 2.47. The molecule has 62 heavy (non-hydrogen) atoms. The Kier molecular flexibility index (Phi) is 17.0. The molecule has 1 aromatic heterocycles. The van der Waals surface area contributed by atoms with Crippen LogP contribution in [0.5, 0.6) is 0 Å². The topological polar surface area (TPSA) is 231 Å². The number of carboxylic acid groups (broad SMARTS) is 3. The summed E-state index contributed by atoms with van der Waals surface area (Å²) in [7, 11) is 0. The summed E-state index contributed by atoms with van der Waals surface area (Å²) in [4.78, 5) is 87.7. The Labute approximate surface area is 357 Å². The standard InChI is InChI=1S/C42H53F2N9O9/c43-42(44)21-34(22-45)53(29-42)36(54)24-47-41(62)35-7-10-46-23-33(35)6-3-30-1-4-31(5-2-30)32-8-11-52(12-9-32)37(55)25-48-13-15-49(26-38(56)57)17-19-51(28-40(60)61)20-18-50(16-14-48)27-39(58)59/h1-7,10,23,32,34H,8-9,11-21,24-29H2,(H,47,62)(H,56,57)(H,58,59)(H,60,61)/b6-3+/t34-/m0/s1. The molecular formula is C42H53F2N9O9. The summed E-state index contributed by atoms with van der Waals surface area (Å²) in [5.74, 6) is -7.47. The number of nitrogens with zero attached hydrogens (tertiary/aromatic N) is 8. The van der Waals surface area contributed by atoms with Gasteiger partial charge in [-0.05, 0) is 36.0 Å². The first-order valence-electron chi connectivity index (χ1n) is 20.5. The predicted octanol–water partition coefficient (Wildman–Crippen LogP) is 0.923. The fourth-order valence-electron chi connectivity index (χ4n) is 7.90. The molecule has 1 atom stereocenters. The second-order valence-corrected chi connectivity index (χ2v) is 15.8. The molecule has 3 amide bonds. The number of halogens is 2. The smallest absolute Gasteiger partial charge is 0.317 e. The molecule has 3 aliphatic rings. The van der Waals surface area contributed by atoms with Crippen LogP contribution in [0.4, 0.5) is 8.78 Å². The van der Waals surface area contributed by atoms with Crippen LogP contribution in [-0.4, -0.2) is 202 Å². The van der Waals surface area contributed by atoms with Crippen LogP contribution < -0.4 is 5.32 Å². The van der Waals surface area contributed by atoms with Gasteiger partial charge in [0.25, 0.3) is 11.8 Å². The highest BCUT2D eigenvalue weighted by molar-refractivity contribution is 6.00.